The molecule has 1 aromatic heterocycles. The van der Waals surface area contributed by atoms with E-state index in [0.717, 1.165) is 29.8 Å². The van der Waals surface area contributed by atoms with Crippen molar-refractivity contribution in [3.8, 4) is 5.69 Å². The maximum Gasteiger partial charge on any atom is 0.226 e. The molecule has 28 heavy (non-hydrogen) atoms. The van der Waals surface area contributed by atoms with Crippen molar-refractivity contribution < 1.29 is 18.7 Å². The van der Waals surface area contributed by atoms with Crippen LogP contribution in [0.2, 0.25) is 0 Å². The third kappa shape index (κ3) is 3.44. The normalized spacial score (nSPS) is 21.1. The summed E-state index contributed by atoms with van der Waals surface area (Å²) in [5.41, 5.74) is 2.99. The van der Waals surface area contributed by atoms with Crippen LogP contribution in [0.3, 0.4) is 0 Å². The number of aryl methyl sites for hydroxylation is 1. The molecule has 150 valence electrons. The summed E-state index contributed by atoms with van der Waals surface area (Å²) in [5.74, 6) is -0.166. The molecular formula is C21H26FN3O3. The van der Waals surface area contributed by atoms with Crippen molar-refractivity contribution in [2.75, 3.05) is 33.0 Å². The molecule has 2 aliphatic heterocycles. The highest BCUT2D eigenvalue weighted by atomic mass is 19.1. The molecule has 0 radical (unpaired) electrons. The first kappa shape index (κ1) is 19.1. The Morgan fingerprint density at radius 3 is 2.64 bits per heavy atom. The molecule has 0 bridgehead atoms. The van der Waals surface area contributed by atoms with E-state index in [4.69, 9.17) is 9.47 Å². The van der Waals surface area contributed by atoms with Gasteiger partial charge in [-0.2, -0.15) is 5.10 Å². The second-order valence-electron chi connectivity index (χ2n) is 7.46. The van der Waals surface area contributed by atoms with E-state index in [1.165, 1.54) is 6.07 Å². The number of ether oxygens (including phenoxy) is 2. The highest BCUT2D eigenvalue weighted by molar-refractivity contribution is 5.79. The number of halogens is 1. The molecule has 1 amide bonds. The lowest BCUT2D eigenvalue weighted by Crippen LogP contribution is -2.47. The SMILES string of the molecule is Cc1nn(-c2ccccc2F)c(C)c1[C@H]1COCCN1C(=O)C1CCOCC1. The first-order valence-electron chi connectivity index (χ1n) is 9.85. The van der Waals surface area contributed by atoms with E-state index in [-0.39, 0.29) is 23.7 Å². The molecule has 0 saturated carbocycles. The lowest BCUT2D eigenvalue weighted by Gasteiger charge is -2.38. The van der Waals surface area contributed by atoms with E-state index < -0.39 is 0 Å². The zero-order valence-electron chi connectivity index (χ0n) is 16.4. The van der Waals surface area contributed by atoms with Gasteiger partial charge in [-0.25, -0.2) is 9.07 Å². The molecule has 7 heteroatoms. The summed E-state index contributed by atoms with van der Waals surface area (Å²) in [6.07, 6.45) is 1.52. The van der Waals surface area contributed by atoms with Gasteiger partial charge in [-0.1, -0.05) is 12.1 Å². The fourth-order valence-electron chi connectivity index (χ4n) is 4.28. The Morgan fingerprint density at radius 2 is 1.89 bits per heavy atom. The lowest BCUT2D eigenvalue weighted by atomic mass is 9.95. The molecule has 2 aromatic rings. The van der Waals surface area contributed by atoms with Crippen molar-refractivity contribution >= 4 is 5.91 Å². The van der Waals surface area contributed by atoms with Crippen LogP contribution in [0.1, 0.15) is 35.8 Å². The molecule has 1 atom stereocenters. The van der Waals surface area contributed by atoms with Gasteiger partial charge in [0.15, 0.2) is 0 Å². The number of carbonyl (C=O) groups is 1. The predicted molar refractivity (Wildman–Crippen MR) is 102 cm³/mol. The topological polar surface area (TPSA) is 56.6 Å². The van der Waals surface area contributed by atoms with E-state index in [1.807, 2.05) is 18.7 Å². The van der Waals surface area contributed by atoms with Crippen molar-refractivity contribution in [3.05, 3.63) is 47.0 Å². The van der Waals surface area contributed by atoms with Crippen LogP contribution >= 0.6 is 0 Å². The first-order valence-corrected chi connectivity index (χ1v) is 9.85. The number of amides is 1. The Bertz CT molecular complexity index is 861. The smallest absolute Gasteiger partial charge is 0.226 e. The lowest BCUT2D eigenvalue weighted by molar-refractivity contribution is -0.147. The molecular weight excluding hydrogens is 361 g/mol. The number of aromatic nitrogens is 2. The van der Waals surface area contributed by atoms with Crippen LogP contribution in [-0.4, -0.2) is 53.6 Å². The quantitative estimate of drug-likeness (QED) is 0.813. The molecule has 0 N–H and O–H groups in total. The summed E-state index contributed by atoms with van der Waals surface area (Å²) in [6, 6.07) is 6.38. The van der Waals surface area contributed by atoms with Gasteiger partial charge in [-0.15, -0.1) is 0 Å². The average Bonchev–Trinajstić information content (AvgIpc) is 3.02. The summed E-state index contributed by atoms with van der Waals surface area (Å²) >= 11 is 0. The Kier molecular flexibility index (Phi) is 5.46. The van der Waals surface area contributed by atoms with E-state index in [1.54, 1.807) is 22.9 Å². The van der Waals surface area contributed by atoms with Gasteiger partial charge in [0, 0.05) is 36.9 Å². The number of benzene rings is 1. The Morgan fingerprint density at radius 1 is 1.14 bits per heavy atom. The van der Waals surface area contributed by atoms with Gasteiger partial charge in [0.05, 0.1) is 24.9 Å². The average molecular weight is 387 g/mol. The monoisotopic (exact) mass is 387 g/mol. The van der Waals surface area contributed by atoms with Crippen molar-refractivity contribution in [1.29, 1.82) is 0 Å². The summed E-state index contributed by atoms with van der Waals surface area (Å²) in [7, 11) is 0. The van der Waals surface area contributed by atoms with Crippen molar-refractivity contribution in [2.24, 2.45) is 5.92 Å². The predicted octanol–water partition coefficient (Wildman–Crippen LogP) is 2.95. The minimum absolute atomic E-state index is 0.00317. The van der Waals surface area contributed by atoms with Crippen molar-refractivity contribution in [1.82, 2.24) is 14.7 Å². The Hall–Kier alpha value is -2.25. The van der Waals surface area contributed by atoms with Crippen molar-refractivity contribution in [3.63, 3.8) is 0 Å². The summed E-state index contributed by atoms with van der Waals surface area (Å²) in [6.45, 7) is 6.62. The van der Waals surface area contributed by atoms with Gasteiger partial charge >= 0.3 is 0 Å². The molecule has 3 heterocycles. The molecule has 2 aliphatic rings. The first-order chi connectivity index (χ1) is 13.6. The van der Waals surface area contributed by atoms with Crippen LogP contribution in [-0.2, 0) is 14.3 Å². The fraction of sp³-hybridized carbons (Fsp3) is 0.524. The van der Waals surface area contributed by atoms with E-state index in [9.17, 15) is 9.18 Å². The highest BCUT2D eigenvalue weighted by Crippen LogP contribution is 2.33. The number of morpholine rings is 1. The molecule has 4 rings (SSSR count). The van der Waals surface area contributed by atoms with Gasteiger partial charge in [-0.05, 0) is 38.8 Å². The number of carbonyl (C=O) groups excluding carboxylic acids is 1. The van der Waals surface area contributed by atoms with Gasteiger partial charge < -0.3 is 14.4 Å². The number of rotatable bonds is 3. The summed E-state index contributed by atoms with van der Waals surface area (Å²) < 4.78 is 27.1. The van der Waals surface area contributed by atoms with Crippen LogP contribution in [0.25, 0.3) is 5.69 Å². The molecule has 2 fully saturated rings. The minimum Gasteiger partial charge on any atom is -0.381 e. The minimum atomic E-state index is -0.324. The number of hydrogen-bond donors (Lipinski definition) is 0. The highest BCUT2D eigenvalue weighted by Gasteiger charge is 2.36. The van der Waals surface area contributed by atoms with Gasteiger partial charge in [0.2, 0.25) is 5.91 Å². The second kappa shape index (κ2) is 8.01. The number of hydrogen-bond acceptors (Lipinski definition) is 4. The molecule has 0 unspecified atom stereocenters. The number of para-hydroxylation sites is 1. The second-order valence-corrected chi connectivity index (χ2v) is 7.46. The summed E-state index contributed by atoms with van der Waals surface area (Å²) in [4.78, 5) is 15.2. The van der Waals surface area contributed by atoms with Gasteiger partial charge in [0.1, 0.15) is 11.5 Å². The zero-order valence-corrected chi connectivity index (χ0v) is 16.4. The third-order valence-corrected chi connectivity index (χ3v) is 5.74. The van der Waals surface area contributed by atoms with Crippen LogP contribution in [0.4, 0.5) is 4.39 Å². The molecule has 0 aliphatic carbocycles. The molecule has 2 saturated heterocycles. The van der Waals surface area contributed by atoms with Crippen LogP contribution < -0.4 is 0 Å². The fourth-order valence-corrected chi connectivity index (χ4v) is 4.28. The van der Waals surface area contributed by atoms with Gasteiger partial charge in [0.25, 0.3) is 0 Å². The van der Waals surface area contributed by atoms with E-state index >= 15 is 0 Å². The summed E-state index contributed by atoms with van der Waals surface area (Å²) in [5, 5.41) is 4.59. The third-order valence-electron chi connectivity index (χ3n) is 5.74. The van der Waals surface area contributed by atoms with E-state index in [0.29, 0.717) is 38.7 Å². The Balaban J connectivity index is 1.68. The molecule has 1 aromatic carbocycles. The maximum atomic E-state index is 14.3. The van der Waals surface area contributed by atoms with Crippen LogP contribution in [0.5, 0.6) is 0 Å². The van der Waals surface area contributed by atoms with E-state index in [2.05, 4.69) is 5.10 Å². The van der Waals surface area contributed by atoms with Crippen LogP contribution in [0.15, 0.2) is 24.3 Å². The zero-order chi connectivity index (χ0) is 19.7. The van der Waals surface area contributed by atoms with Gasteiger partial charge in [-0.3, -0.25) is 4.79 Å². The van der Waals surface area contributed by atoms with Crippen molar-refractivity contribution in [2.45, 2.75) is 32.7 Å². The van der Waals surface area contributed by atoms with Crippen LogP contribution in [0, 0.1) is 25.6 Å². The Labute approximate surface area is 164 Å². The molecule has 6 nitrogen and oxygen atoms in total. The molecule has 0 spiro atoms. The maximum absolute atomic E-state index is 14.3. The largest absolute Gasteiger partial charge is 0.381 e. The standard InChI is InChI=1S/C21H26FN3O3/c1-14-20(15(2)25(23-14)18-6-4-3-5-17(18)22)19-13-28-12-9-24(19)21(26)16-7-10-27-11-8-16/h3-6,16,19H,7-13H2,1-2H3/t19-/m1/s1. The number of nitrogens with zero attached hydrogens (tertiary/aromatic N) is 3.